The summed E-state index contributed by atoms with van der Waals surface area (Å²) in [5.74, 6) is 0.193. The number of nitrogens with two attached hydrogens (primary N) is 2. The third-order valence-corrected chi connectivity index (χ3v) is 5.91. The molecule has 9 heteroatoms. The third kappa shape index (κ3) is 4.16. The second kappa shape index (κ2) is 10.1. The molecule has 0 radical (unpaired) electrons. The summed E-state index contributed by atoms with van der Waals surface area (Å²) in [6.45, 7) is 0. The summed E-state index contributed by atoms with van der Waals surface area (Å²) in [6.07, 6.45) is 1.68. The van der Waals surface area contributed by atoms with Crippen LogP contribution in [0, 0.1) is 0 Å². The number of halogens is 2. The van der Waals surface area contributed by atoms with Crippen LogP contribution in [0.2, 0.25) is 0 Å². The van der Waals surface area contributed by atoms with Gasteiger partial charge in [-0.3, -0.25) is 0 Å². The number of fused-ring (bicyclic) bond motifs is 1. The minimum Gasteiger partial charge on any atom is -0.409 e. The molecule has 0 saturated heterocycles. The average Bonchev–Trinajstić information content (AvgIpc) is 3.40. The summed E-state index contributed by atoms with van der Waals surface area (Å²) in [5.41, 5.74) is 16.8. The standard InChI is InChI=1S/C25H22N6O.2ClH/c26-22(31-32)25(19-13-10-17(11-14-19)16-6-2-1-3-7-16)23(29-24(27)30-25)28-21-15-12-18-8-4-5-9-20(18)21;;/h1-11,13-14,32H,12,15H2,(H2,26,31)(H2,27,30);2*1H. The van der Waals surface area contributed by atoms with Crippen LogP contribution in [0.1, 0.15) is 23.1 Å². The van der Waals surface area contributed by atoms with E-state index in [4.69, 9.17) is 16.5 Å². The molecule has 0 amide bonds. The normalized spacial score (nSPS) is 20.1. The molecule has 1 atom stereocenters. The molecule has 1 aliphatic heterocycles. The van der Waals surface area contributed by atoms with Crippen LogP contribution in [0.3, 0.4) is 0 Å². The van der Waals surface area contributed by atoms with Crippen molar-refractivity contribution >= 4 is 48.2 Å². The molecule has 0 saturated carbocycles. The fraction of sp³-hybridized carbons (Fsp3) is 0.120. The molecule has 7 nitrogen and oxygen atoms in total. The highest BCUT2D eigenvalue weighted by atomic mass is 35.5. The van der Waals surface area contributed by atoms with Gasteiger partial charge in [-0.05, 0) is 40.7 Å². The molecule has 0 aromatic heterocycles. The first-order valence-corrected chi connectivity index (χ1v) is 10.4. The molecule has 3 aromatic carbocycles. The second-order valence-electron chi connectivity index (χ2n) is 7.76. The van der Waals surface area contributed by atoms with Crippen molar-refractivity contribution in [2.45, 2.75) is 18.4 Å². The minimum absolute atomic E-state index is 0. The van der Waals surface area contributed by atoms with E-state index in [1.807, 2.05) is 72.8 Å². The predicted molar refractivity (Wildman–Crippen MR) is 142 cm³/mol. The Bertz CT molecular complexity index is 1300. The number of oxime groups is 1. The molecule has 2 aliphatic rings. The Kier molecular flexibility index (Phi) is 7.39. The number of amidine groups is 2. The van der Waals surface area contributed by atoms with E-state index < -0.39 is 5.54 Å². The number of benzene rings is 3. The lowest BCUT2D eigenvalue weighted by atomic mass is 9.87. The van der Waals surface area contributed by atoms with Crippen LogP contribution in [-0.2, 0) is 12.0 Å². The van der Waals surface area contributed by atoms with Gasteiger partial charge in [-0.25, -0.2) is 9.98 Å². The molecule has 1 aliphatic carbocycles. The first-order valence-electron chi connectivity index (χ1n) is 10.4. The van der Waals surface area contributed by atoms with Gasteiger partial charge in [0, 0.05) is 0 Å². The van der Waals surface area contributed by atoms with Crippen LogP contribution in [0.5, 0.6) is 0 Å². The van der Waals surface area contributed by atoms with Gasteiger partial charge in [0.1, 0.15) is 0 Å². The van der Waals surface area contributed by atoms with E-state index >= 15 is 0 Å². The van der Waals surface area contributed by atoms with Crippen molar-refractivity contribution in [2.24, 2.45) is 31.6 Å². The van der Waals surface area contributed by atoms with Gasteiger partial charge in [0.25, 0.3) is 0 Å². The first-order chi connectivity index (χ1) is 15.6. The van der Waals surface area contributed by atoms with Crippen LogP contribution in [0.25, 0.3) is 11.1 Å². The van der Waals surface area contributed by atoms with Gasteiger partial charge in [-0.1, -0.05) is 84.0 Å². The minimum atomic E-state index is -1.39. The maximum atomic E-state index is 9.63. The molecule has 0 bridgehead atoms. The first kappa shape index (κ1) is 25.0. The topological polar surface area (TPSA) is 122 Å². The summed E-state index contributed by atoms with van der Waals surface area (Å²) >= 11 is 0. The van der Waals surface area contributed by atoms with Gasteiger partial charge in [0.2, 0.25) is 11.5 Å². The highest BCUT2D eigenvalue weighted by Crippen LogP contribution is 2.35. The fourth-order valence-electron chi connectivity index (χ4n) is 4.31. The zero-order valence-electron chi connectivity index (χ0n) is 18.1. The fourth-order valence-corrected chi connectivity index (χ4v) is 4.31. The smallest absolute Gasteiger partial charge is 0.219 e. The molecule has 3 aromatic rings. The number of guanidine groups is 1. The van der Waals surface area contributed by atoms with Crippen LogP contribution in [0.15, 0.2) is 99.0 Å². The Morgan fingerprint density at radius 2 is 1.50 bits per heavy atom. The van der Waals surface area contributed by atoms with Crippen molar-refractivity contribution in [2.75, 3.05) is 0 Å². The molecule has 0 spiro atoms. The Labute approximate surface area is 209 Å². The Morgan fingerprint density at radius 1 is 0.853 bits per heavy atom. The number of hydrogen-bond acceptors (Lipinski definition) is 6. The van der Waals surface area contributed by atoms with Crippen molar-refractivity contribution in [3.05, 3.63) is 95.6 Å². The lowest BCUT2D eigenvalue weighted by Gasteiger charge is -2.25. The molecule has 1 heterocycles. The third-order valence-electron chi connectivity index (χ3n) is 5.91. The number of rotatable bonds is 3. The number of hydrogen-bond donors (Lipinski definition) is 3. The number of nitrogens with zero attached hydrogens (tertiary/aromatic N) is 4. The number of aryl methyl sites for hydroxylation is 1. The van der Waals surface area contributed by atoms with E-state index in [2.05, 4.69) is 21.2 Å². The van der Waals surface area contributed by atoms with E-state index in [1.54, 1.807) is 0 Å². The highest BCUT2D eigenvalue weighted by Gasteiger charge is 2.47. The summed E-state index contributed by atoms with van der Waals surface area (Å²) < 4.78 is 0. The molecular weight excluding hydrogens is 471 g/mol. The Balaban J connectivity index is 0.00000162. The van der Waals surface area contributed by atoms with Gasteiger partial charge in [-0.15, -0.1) is 24.8 Å². The van der Waals surface area contributed by atoms with Gasteiger partial charge < -0.3 is 16.7 Å². The van der Waals surface area contributed by atoms with Crippen LogP contribution in [0.4, 0.5) is 0 Å². The molecule has 34 heavy (non-hydrogen) atoms. The molecular formula is C25H24Cl2N6O. The lowest BCUT2D eigenvalue weighted by molar-refractivity contribution is 0.314. The average molecular weight is 495 g/mol. The van der Waals surface area contributed by atoms with Gasteiger partial charge in [0.15, 0.2) is 11.7 Å². The number of aliphatic imine (C=N–C) groups is 3. The van der Waals surface area contributed by atoms with Gasteiger partial charge in [0.05, 0.1) is 5.71 Å². The van der Waals surface area contributed by atoms with Crippen molar-refractivity contribution in [3.63, 3.8) is 0 Å². The van der Waals surface area contributed by atoms with Crippen LogP contribution >= 0.6 is 24.8 Å². The summed E-state index contributed by atoms with van der Waals surface area (Å²) in [4.78, 5) is 13.7. The van der Waals surface area contributed by atoms with Crippen molar-refractivity contribution in [1.29, 1.82) is 0 Å². The zero-order valence-corrected chi connectivity index (χ0v) is 19.8. The van der Waals surface area contributed by atoms with Gasteiger partial charge >= 0.3 is 0 Å². The Hall–Kier alpha value is -3.68. The summed E-state index contributed by atoms with van der Waals surface area (Å²) in [6, 6.07) is 25.9. The zero-order chi connectivity index (χ0) is 22.1. The monoisotopic (exact) mass is 494 g/mol. The van der Waals surface area contributed by atoms with Crippen molar-refractivity contribution in [3.8, 4) is 11.1 Å². The largest absolute Gasteiger partial charge is 0.409 e. The SMILES string of the molecule is Cl.Cl.NC1=NC(C(N)=NO)(c2ccc(-c3ccccc3)cc2)C(N=C2CCc3ccccc32)=N1. The summed E-state index contributed by atoms with van der Waals surface area (Å²) in [7, 11) is 0. The van der Waals surface area contributed by atoms with E-state index in [0.717, 1.165) is 35.2 Å². The second-order valence-corrected chi connectivity index (χ2v) is 7.76. The molecule has 5 rings (SSSR count). The predicted octanol–water partition coefficient (Wildman–Crippen LogP) is 4.30. The van der Waals surface area contributed by atoms with E-state index in [0.29, 0.717) is 11.4 Å². The van der Waals surface area contributed by atoms with Gasteiger partial charge in [-0.2, -0.15) is 4.99 Å². The maximum absolute atomic E-state index is 9.63. The van der Waals surface area contributed by atoms with Crippen LogP contribution < -0.4 is 11.5 Å². The molecule has 5 N–H and O–H groups in total. The van der Waals surface area contributed by atoms with Crippen molar-refractivity contribution in [1.82, 2.24) is 0 Å². The van der Waals surface area contributed by atoms with Crippen LogP contribution in [-0.4, -0.2) is 28.5 Å². The quantitative estimate of drug-likeness (QED) is 0.217. The van der Waals surface area contributed by atoms with E-state index in [1.165, 1.54) is 5.56 Å². The maximum Gasteiger partial charge on any atom is 0.219 e. The molecule has 174 valence electrons. The molecule has 0 fully saturated rings. The van der Waals surface area contributed by atoms with E-state index in [-0.39, 0.29) is 36.6 Å². The molecule has 1 unspecified atom stereocenters. The highest BCUT2D eigenvalue weighted by molar-refractivity contribution is 6.24. The van der Waals surface area contributed by atoms with E-state index in [9.17, 15) is 5.21 Å². The lowest BCUT2D eigenvalue weighted by Crippen LogP contribution is -2.45. The summed E-state index contributed by atoms with van der Waals surface area (Å²) in [5, 5.41) is 12.9. The Morgan fingerprint density at radius 3 is 2.21 bits per heavy atom. The van der Waals surface area contributed by atoms with Crippen molar-refractivity contribution < 1.29 is 5.21 Å².